The van der Waals surface area contributed by atoms with Crippen LogP contribution in [0.1, 0.15) is 47.5 Å². The van der Waals surface area contributed by atoms with Gasteiger partial charge in [-0.3, -0.25) is 0 Å². The van der Waals surface area contributed by atoms with Crippen molar-refractivity contribution in [2.75, 3.05) is 13.2 Å². The fraction of sp³-hybridized carbons (Fsp3) is 1.00. The van der Waals surface area contributed by atoms with E-state index in [0.29, 0.717) is 12.5 Å². The van der Waals surface area contributed by atoms with Crippen molar-refractivity contribution in [1.29, 1.82) is 0 Å². The summed E-state index contributed by atoms with van der Waals surface area (Å²) in [6.07, 6.45) is 2.35. The second-order valence-electron chi connectivity index (χ2n) is 5.10. The highest BCUT2D eigenvalue weighted by molar-refractivity contribution is 4.62. The predicted octanol–water partition coefficient (Wildman–Crippen LogP) is 2.61. The van der Waals surface area contributed by atoms with Crippen LogP contribution < -0.4 is 0 Å². The van der Waals surface area contributed by atoms with Gasteiger partial charge >= 0.3 is 0 Å². The van der Waals surface area contributed by atoms with Gasteiger partial charge in [0.05, 0.1) is 31.5 Å². The van der Waals surface area contributed by atoms with Crippen molar-refractivity contribution < 1.29 is 14.6 Å². The van der Waals surface area contributed by atoms with E-state index in [4.69, 9.17) is 14.6 Å². The standard InChI is InChI=1S/C13H28O3/c1-10(2)6-7-13(9-15-11(3)4)16-12(5)8-14/h10-14H,6-9H2,1-5H3/t12-,13+/m0/s1. The fourth-order valence-electron chi connectivity index (χ4n) is 1.38. The van der Waals surface area contributed by atoms with Gasteiger partial charge in [-0.25, -0.2) is 0 Å². The Kier molecular flexibility index (Phi) is 8.90. The Morgan fingerprint density at radius 2 is 1.62 bits per heavy atom. The van der Waals surface area contributed by atoms with Crippen LogP contribution in [-0.4, -0.2) is 36.6 Å². The molecule has 0 rings (SSSR count). The van der Waals surface area contributed by atoms with Gasteiger partial charge in [-0.05, 0) is 39.5 Å². The molecule has 0 aliphatic rings. The SMILES string of the molecule is CC(C)CC[C@H](COC(C)C)O[C@@H](C)CO. The van der Waals surface area contributed by atoms with Crippen LogP contribution in [0, 0.1) is 5.92 Å². The molecule has 0 unspecified atom stereocenters. The Morgan fingerprint density at radius 3 is 2.06 bits per heavy atom. The summed E-state index contributed by atoms with van der Waals surface area (Å²) in [6, 6.07) is 0. The number of hydrogen-bond donors (Lipinski definition) is 1. The van der Waals surface area contributed by atoms with Crippen molar-refractivity contribution in [3.8, 4) is 0 Å². The number of ether oxygens (including phenoxy) is 2. The second kappa shape index (κ2) is 8.97. The first kappa shape index (κ1) is 15.9. The molecule has 0 heterocycles. The van der Waals surface area contributed by atoms with Crippen LogP contribution in [0.2, 0.25) is 0 Å². The highest BCUT2D eigenvalue weighted by atomic mass is 16.5. The van der Waals surface area contributed by atoms with Crippen LogP contribution in [0.15, 0.2) is 0 Å². The summed E-state index contributed by atoms with van der Waals surface area (Å²) in [4.78, 5) is 0. The molecule has 0 aliphatic heterocycles. The molecule has 0 aromatic rings. The van der Waals surface area contributed by atoms with Crippen LogP contribution >= 0.6 is 0 Å². The largest absolute Gasteiger partial charge is 0.394 e. The van der Waals surface area contributed by atoms with Gasteiger partial charge in [-0.15, -0.1) is 0 Å². The number of rotatable bonds is 9. The lowest BCUT2D eigenvalue weighted by molar-refractivity contribution is -0.0812. The molecule has 3 heteroatoms. The van der Waals surface area contributed by atoms with E-state index in [-0.39, 0.29) is 24.9 Å². The molecule has 2 atom stereocenters. The zero-order valence-electron chi connectivity index (χ0n) is 11.4. The summed E-state index contributed by atoms with van der Waals surface area (Å²) >= 11 is 0. The van der Waals surface area contributed by atoms with Crippen molar-refractivity contribution in [2.24, 2.45) is 5.92 Å². The highest BCUT2D eigenvalue weighted by Crippen LogP contribution is 2.12. The molecular formula is C13H28O3. The van der Waals surface area contributed by atoms with E-state index >= 15 is 0 Å². The molecule has 16 heavy (non-hydrogen) atoms. The van der Waals surface area contributed by atoms with Crippen molar-refractivity contribution >= 4 is 0 Å². The van der Waals surface area contributed by atoms with E-state index in [2.05, 4.69) is 13.8 Å². The van der Waals surface area contributed by atoms with Crippen LogP contribution in [0.3, 0.4) is 0 Å². The maximum atomic E-state index is 8.97. The Bertz CT molecular complexity index is 145. The van der Waals surface area contributed by atoms with Crippen molar-refractivity contribution in [2.45, 2.75) is 65.8 Å². The van der Waals surface area contributed by atoms with Crippen LogP contribution in [0.4, 0.5) is 0 Å². The Morgan fingerprint density at radius 1 is 1.00 bits per heavy atom. The van der Waals surface area contributed by atoms with Gasteiger partial charge in [0, 0.05) is 0 Å². The van der Waals surface area contributed by atoms with Gasteiger partial charge in [0.15, 0.2) is 0 Å². The zero-order valence-corrected chi connectivity index (χ0v) is 11.4. The maximum Gasteiger partial charge on any atom is 0.0813 e. The number of aliphatic hydroxyl groups excluding tert-OH is 1. The minimum atomic E-state index is -0.104. The first-order chi connectivity index (χ1) is 7.45. The Hall–Kier alpha value is -0.120. The van der Waals surface area contributed by atoms with Crippen LogP contribution in [-0.2, 0) is 9.47 Å². The normalized spacial score (nSPS) is 15.8. The predicted molar refractivity (Wildman–Crippen MR) is 66.6 cm³/mol. The van der Waals surface area contributed by atoms with E-state index in [1.54, 1.807) is 0 Å². The van der Waals surface area contributed by atoms with Crippen molar-refractivity contribution in [3.63, 3.8) is 0 Å². The summed E-state index contributed by atoms with van der Waals surface area (Å²) in [5, 5.41) is 8.97. The third-order valence-electron chi connectivity index (χ3n) is 2.36. The summed E-state index contributed by atoms with van der Waals surface area (Å²) in [5.74, 6) is 0.676. The quantitative estimate of drug-likeness (QED) is 0.664. The van der Waals surface area contributed by atoms with Crippen molar-refractivity contribution in [3.05, 3.63) is 0 Å². The first-order valence-electron chi connectivity index (χ1n) is 6.33. The molecule has 0 radical (unpaired) electrons. The average molecular weight is 232 g/mol. The second-order valence-corrected chi connectivity index (χ2v) is 5.10. The molecule has 3 nitrogen and oxygen atoms in total. The number of aliphatic hydroxyl groups is 1. The molecule has 0 aromatic carbocycles. The zero-order chi connectivity index (χ0) is 12.6. The van der Waals surface area contributed by atoms with Crippen LogP contribution in [0.25, 0.3) is 0 Å². The summed E-state index contributed by atoms with van der Waals surface area (Å²) in [7, 11) is 0. The first-order valence-corrected chi connectivity index (χ1v) is 6.33. The third-order valence-corrected chi connectivity index (χ3v) is 2.36. The third kappa shape index (κ3) is 9.13. The molecule has 0 amide bonds. The molecule has 0 bridgehead atoms. The Balaban J connectivity index is 3.94. The minimum absolute atomic E-state index is 0.0693. The monoisotopic (exact) mass is 232 g/mol. The highest BCUT2D eigenvalue weighted by Gasteiger charge is 2.14. The minimum Gasteiger partial charge on any atom is -0.394 e. The molecular weight excluding hydrogens is 204 g/mol. The van der Waals surface area contributed by atoms with Gasteiger partial charge in [-0.1, -0.05) is 13.8 Å². The average Bonchev–Trinajstić information content (AvgIpc) is 2.21. The van der Waals surface area contributed by atoms with Crippen molar-refractivity contribution in [1.82, 2.24) is 0 Å². The van der Waals surface area contributed by atoms with Gasteiger partial charge in [0.25, 0.3) is 0 Å². The summed E-state index contributed by atoms with van der Waals surface area (Å²) in [6.45, 7) is 11.0. The van der Waals surface area contributed by atoms with Gasteiger partial charge in [0.2, 0.25) is 0 Å². The lowest BCUT2D eigenvalue weighted by Crippen LogP contribution is -2.28. The Labute approximate surface area is 100 Å². The summed E-state index contributed by atoms with van der Waals surface area (Å²) in [5.41, 5.74) is 0. The molecule has 0 spiro atoms. The topological polar surface area (TPSA) is 38.7 Å². The van der Waals surface area contributed by atoms with E-state index in [0.717, 1.165) is 12.8 Å². The lowest BCUT2D eigenvalue weighted by Gasteiger charge is -2.23. The van der Waals surface area contributed by atoms with E-state index < -0.39 is 0 Å². The fourth-order valence-corrected chi connectivity index (χ4v) is 1.38. The lowest BCUT2D eigenvalue weighted by atomic mass is 10.1. The van der Waals surface area contributed by atoms with E-state index in [1.165, 1.54) is 0 Å². The smallest absolute Gasteiger partial charge is 0.0813 e. The van der Waals surface area contributed by atoms with Gasteiger partial charge < -0.3 is 14.6 Å². The molecule has 0 saturated carbocycles. The summed E-state index contributed by atoms with van der Waals surface area (Å²) < 4.78 is 11.3. The van der Waals surface area contributed by atoms with E-state index in [1.807, 2.05) is 20.8 Å². The molecule has 98 valence electrons. The van der Waals surface area contributed by atoms with Crippen LogP contribution in [0.5, 0.6) is 0 Å². The van der Waals surface area contributed by atoms with E-state index in [9.17, 15) is 0 Å². The number of hydrogen-bond acceptors (Lipinski definition) is 3. The molecule has 0 aliphatic carbocycles. The van der Waals surface area contributed by atoms with Gasteiger partial charge in [-0.2, -0.15) is 0 Å². The molecule has 1 N–H and O–H groups in total. The molecule has 0 fully saturated rings. The molecule has 0 aromatic heterocycles. The van der Waals surface area contributed by atoms with Gasteiger partial charge in [0.1, 0.15) is 0 Å². The molecule has 0 saturated heterocycles. The maximum absolute atomic E-state index is 8.97.